The van der Waals surface area contributed by atoms with E-state index in [1.807, 2.05) is 24.3 Å². The summed E-state index contributed by atoms with van der Waals surface area (Å²) < 4.78 is 0. The number of rotatable bonds is 4. The third kappa shape index (κ3) is 2.41. The molecule has 0 bridgehead atoms. The highest BCUT2D eigenvalue weighted by atomic mass is 16.1. The minimum atomic E-state index is -0.460. The Bertz CT molecular complexity index is 359. The van der Waals surface area contributed by atoms with E-state index in [1.165, 1.54) is 0 Å². The van der Waals surface area contributed by atoms with Gasteiger partial charge in [-0.3, -0.25) is 4.79 Å². The Hall–Kier alpha value is -1.36. The third-order valence-corrected chi connectivity index (χ3v) is 3.22. The molecule has 0 heterocycles. The van der Waals surface area contributed by atoms with Gasteiger partial charge < -0.3 is 0 Å². The van der Waals surface area contributed by atoms with E-state index in [2.05, 4.69) is 19.9 Å². The number of allylic oxidation sites excluding steroid dienone is 4. The van der Waals surface area contributed by atoms with Crippen LogP contribution in [0.3, 0.4) is 0 Å². The second kappa shape index (κ2) is 5.12. The molecule has 86 valence electrons. The summed E-state index contributed by atoms with van der Waals surface area (Å²) in [6.45, 7) is 5.86. The van der Waals surface area contributed by atoms with Crippen molar-refractivity contribution >= 4 is 5.78 Å². The summed E-state index contributed by atoms with van der Waals surface area (Å²) >= 11 is 0. The largest absolute Gasteiger partial charge is 0.299 e. The maximum absolute atomic E-state index is 11.9. The van der Waals surface area contributed by atoms with Crippen LogP contribution in [0.4, 0.5) is 0 Å². The summed E-state index contributed by atoms with van der Waals surface area (Å²) in [5.74, 6) is 0.644. The number of nitriles is 1. The van der Waals surface area contributed by atoms with Crippen LogP contribution in [0.5, 0.6) is 0 Å². The number of ketones is 1. The molecule has 0 aromatic heterocycles. The van der Waals surface area contributed by atoms with Crippen molar-refractivity contribution in [3.05, 3.63) is 24.3 Å². The van der Waals surface area contributed by atoms with Gasteiger partial charge in [0, 0.05) is 12.3 Å². The van der Waals surface area contributed by atoms with Gasteiger partial charge in [-0.2, -0.15) is 5.26 Å². The van der Waals surface area contributed by atoms with Crippen LogP contribution in [0.2, 0.25) is 0 Å². The van der Waals surface area contributed by atoms with E-state index in [4.69, 9.17) is 5.26 Å². The molecule has 0 amide bonds. The van der Waals surface area contributed by atoms with Crippen molar-refractivity contribution in [3.8, 4) is 6.07 Å². The molecule has 0 aromatic rings. The molecular weight excluding hydrogens is 198 g/mol. The predicted molar refractivity (Wildman–Crippen MR) is 64.6 cm³/mol. The molecule has 0 N–H and O–H groups in total. The van der Waals surface area contributed by atoms with E-state index in [9.17, 15) is 4.79 Å². The Morgan fingerprint density at radius 2 is 2.19 bits per heavy atom. The first-order valence-electron chi connectivity index (χ1n) is 5.77. The van der Waals surface area contributed by atoms with Gasteiger partial charge in [0.25, 0.3) is 0 Å². The molecule has 2 unspecified atom stereocenters. The summed E-state index contributed by atoms with van der Waals surface area (Å²) in [5, 5.41) is 8.85. The Morgan fingerprint density at radius 3 is 2.69 bits per heavy atom. The highest BCUT2D eigenvalue weighted by molar-refractivity contribution is 5.85. The van der Waals surface area contributed by atoms with Gasteiger partial charge in [-0.25, -0.2) is 0 Å². The zero-order valence-electron chi connectivity index (χ0n) is 10.2. The average molecular weight is 217 g/mol. The van der Waals surface area contributed by atoms with Crippen molar-refractivity contribution in [2.75, 3.05) is 0 Å². The Morgan fingerprint density at radius 1 is 1.50 bits per heavy atom. The molecule has 2 atom stereocenters. The van der Waals surface area contributed by atoms with E-state index in [0.717, 1.165) is 6.42 Å². The van der Waals surface area contributed by atoms with Crippen LogP contribution in [-0.4, -0.2) is 5.78 Å². The van der Waals surface area contributed by atoms with Crippen molar-refractivity contribution in [1.82, 2.24) is 0 Å². The Balaban J connectivity index is 3.06. The average Bonchev–Trinajstić information content (AvgIpc) is 2.20. The molecule has 1 aliphatic carbocycles. The second-order valence-corrected chi connectivity index (χ2v) is 4.91. The van der Waals surface area contributed by atoms with Gasteiger partial charge in [-0.1, -0.05) is 38.2 Å². The first kappa shape index (κ1) is 12.7. The Labute approximate surface area is 97.7 Å². The van der Waals surface area contributed by atoms with Gasteiger partial charge in [-0.15, -0.1) is 0 Å². The lowest BCUT2D eigenvalue weighted by Gasteiger charge is -2.36. The normalized spacial score (nSPS) is 28.1. The van der Waals surface area contributed by atoms with Crippen LogP contribution >= 0.6 is 0 Å². The lowest BCUT2D eigenvalue weighted by atomic mass is 9.65. The van der Waals surface area contributed by atoms with Gasteiger partial charge in [0.1, 0.15) is 5.78 Å². The van der Waals surface area contributed by atoms with Crippen LogP contribution in [-0.2, 0) is 4.79 Å². The number of carbonyl (C=O) groups excluding carboxylic acids is 1. The number of Topliss-reactive ketones (excluding diaryl/α,β-unsaturated/α-hetero) is 1. The van der Waals surface area contributed by atoms with Gasteiger partial charge in [0.15, 0.2) is 0 Å². The fourth-order valence-electron chi connectivity index (χ4n) is 2.49. The van der Waals surface area contributed by atoms with Crippen molar-refractivity contribution in [2.45, 2.75) is 33.6 Å². The highest BCUT2D eigenvalue weighted by Gasteiger charge is 2.40. The number of hydrogen-bond donors (Lipinski definition) is 0. The molecular formula is C14H19NO. The molecule has 0 aliphatic heterocycles. The molecule has 16 heavy (non-hydrogen) atoms. The van der Waals surface area contributed by atoms with Crippen LogP contribution in [0.1, 0.15) is 33.6 Å². The maximum atomic E-state index is 11.9. The number of carbonyl (C=O) groups is 1. The summed E-state index contributed by atoms with van der Waals surface area (Å²) in [6, 6.07) is 2.18. The molecule has 1 aliphatic rings. The van der Waals surface area contributed by atoms with E-state index < -0.39 is 5.41 Å². The minimum Gasteiger partial charge on any atom is -0.299 e. The van der Waals surface area contributed by atoms with Gasteiger partial charge in [0.05, 0.1) is 11.5 Å². The molecule has 0 spiro atoms. The second-order valence-electron chi connectivity index (χ2n) is 4.91. The predicted octanol–water partition coefficient (Wildman–Crippen LogP) is 3.26. The number of hydrogen-bond acceptors (Lipinski definition) is 2. The lowest BCUT2D eigenvalue weighted by molar-refractivity contribution is -0.126. The monoisotopic (exact) mass is 217 g/mol. The molecule has 0 radical (unpaired) electrons. The maximum Gasteiger partial charge on any atom is 0.140 e. The third-order valence-electron chi connectivity index (χ3n) is 3.22. The summed E-state index contributed by atoms with van der Waals surface area (Å²) in [4.78, 5) is 11.9. The van der Waals surface area contributed by atoms with Gasteiger partial charge >= 0.3 is 0 Å². The standard InChI is InChI=1S/C14H19NO/c1-11(2)10-14(12(3)16)8-5-4-6-13(14)7-9-15/h4-6,8,11,13H,7,10H2,1-3H3. The van der Waals surface area contributed by atoms with Crippen LogP contribution in [0.15, 0.2) is 24.3 Å². The van der Waals surface area contributed by atoms with Crippen LogP contribution in [0.25, 0.3) is 0 Å². The lowest BCUT2D eigenvalue weighted by Crippen LogP contribution is -2.37. The first-order valence-corrected chi connectivity index (χ1v) is 5.77. The fourth-order valence-corrected chi connectivity index (χ4v) is 2.49. The molecule has 0 saturated carbocycles. The van der Waals surface area contributed by atoms with Crippen molar-refractivity contribution in [1.29, 1.82) is 5.26 Å². The molecule has 0 aromatic carbocycles. The SMILES string of the molecule is CC(=O)C1(CC(C)C)C=CC=CC1CC#N. The zero-order chi connectivity index (χ0) is 12.2. The van der Waals surface area contributed by atoms with Crippen molar-refractivity contribution < 1.29 is 4.79 Å². The molecule has 2 nitrogen and oxygen atoms in total. The van der Waals surface area contributed by atoms with E-state index >= 15 is 0 Å². The number of nitrogens with zero attached hydrogens (tertiary/aromatic N) is 1. The molecule has 2 heteroatoms. The van der Waals surface area contributed by atoms with Crippen LogP contribution < -0.4 is 0 Å². The van der Waals surface area contributed by atoms with E-state index in [-0.39, 0.29) is 11.7 Å². The summed E-state index contributed by atoms with van der Waals surface area (Å²) in [6.07, 6.45) is 9.06. The summed E-state index contributed by atoms with van der Waals surface area (Å²) in [7, 11) is 0. The van der Waals surface area contributed by atoms with Crippen molar-refractivity contribution in [3.63, 3.8) is 0 Å². The van der Waals surface area contributed by atoms with Crippen molar-refractivity contribution in [2.24, 2.45) is 17.3 Å². The molecule has 0 fully saturated rings. The highest BCUT2D eigenvalue weighted by Crippen LogP contribution is 2.42. The van der Waals surface area contributed by atoms with Gasteiger partial charge in [0.2, 0.25) is 0 Å². The van der Waals surface area contributed by atoms with Gasteiger partial charge in [-0.05, 0) is 19.3 Å². The molecule has 1 rings (SSSR count). The molecule has 0 saturated heterocycles. The quantitative estimate of drug-likeness (QED) is 0.725. The topological polar surface area (TPSA) is 40.9 Å². The smallest absolute Gasteiger partial charge is 0.140 e. The Kier molecular flexibility index (Phi) is 4.06. The zero-order valence-corrected chi connectivity index (χ0v) is 10.2. The first-order chi connectivity index (χ1) is 7.53. The van der Waals surface area contributed by atoms with Crippen LogP contribution in [0, 0.1) is 28.6 Å². The summed E-state index contributed by atoms with van der Waals surface area (Å²) in [5.41, 5.74) is -0.460. The fraction of sp³-hybridized carbons (Fsp3) is 0.571. The van der Waals surface area contributed by atoms with E-state index in [1.54, 1.807) is 6.92 Å². The van der Waals surface area contributed by atoms with E-state index in [0.29, 0.717) is 12.3 Å². The minimum absolute atomic E-state index is 0.0300.